The molecule has 0 spiro atoms. The maximum atomic E-state index is 13.1. The summed E-state index contributed by atoms with van der Waals surface area (Å²) >= 11 is 0. The first-order valence-electron chi connectivity index (χ1n) is 10.9. The summed E-state index contributed by atoms with van der Waals surface area (Å²) in [6, 6.07) is 15.3. The highest BCUT2D eigenvalue weighted by Gasteiger charge is 2.27. The predicted octanol–water partition coefficient (Wildman–Crippen LogP) is 3.81. The maximum Gasteiger partial charge on any atom is 0.253 e. The van der Waals surface area contributed by atoms with Crippen molar-refractivity contribution in [1.82, 2.24) is 15.2 Å². The van der Waals surface area contributed by atoms with Crippen LogP contribution in [-0.4, -0.2) is 47.9 Å². The predicted molar refractivity (Wildman–Crippen MR) is 120 cm³/mol. The molecule has 3 aromatic rings. The highest BCUT2D eigenvalue weighted by atomic mass is 19.1. The van der Waals surface area contributed by atoms with E-state index in [4.69, 9.17) is 4.74 Å². The Morgan fingerprint density at radius 3 is 2.59 bits per heavy atom. The second-order valence-corrected chi connectivity index (χ2v) is 7.90. The molecule has 1 fully saturated rings. The van der Waals surface area contributed by atoms with Crippen molar-refractivity contribution in [3.05, 3.63) is 72.2 Å². The highest BCUT2D eigenvalue weighted by Crippen LogP contribution is 2.23. The van der Waals surface area contributed by atoms with Gasteiger partial charge in [-0.05, 0) is 55.7 Å². The second kappa shape index (κ2) is 10.2. The van der Waals surface area contributed by atoms with E-state index < -0.39 is 0 Å². The fraction of sp³-hybridized carbons (Fsp3) is 0.320. The molecule has 0 saturated carbocycles. The molecule has 1 saturated heterocycles. The van der Waals surface area contributed by atoms with Crippen molar-refractivity contribution < 1.29 is 18.7 Å². The van der Waals surface area contributed by atoms with Gasteiger partial charge in [0.1, 0.15) is 17.1 Å². The zero-order chi connectivity index (χ0) is 22.3. The van der Waals surface area contributed by atoms with Gasteiger partial charge in [-0.15, -0.1) is 0 Å². The lowest BCUT2D eigenvalue weighted by Gasteiger charge is -2.31. The number of benzene rings is 2. The Morgan fingerprint density at radius 2 is 1.81 bits per heavy atom. The highest BCUT2D eigenvalue weighted by molar-refractivity contribution is 5.94. The first-order valence-corrected chi connectivity index (χ1v) is 10.9. The molecule has 32 heavy (non-hydrogen) atoms. The molecule has 1 aliphatic heterocycles. The number of aromatic nitrogens is 1. The molecule has 2 amide bonds. The summed E-state index contributed by atoms with van der Waals surface area (Å²) in [4.78, 5) is 31.1. The summed E-state index contributed by atoms with van der Waals surface area (Å²) in [6.07, 6.45) is 3.68. The van der Waals surface area contributed by atoms with E-state index in [1.165, 1.54) is 24.3 Å². The lowest BCUT2D eigenvalue weighted by atomic mass is 9.95. The van der Waals surface area contributed by atoms with Crippen LogP contribution in [0.2, 0.25) is 0 Å². The summed E-state index contributed by atoms with van der Waals surface area (Å²) < 4.78 is 18.9. The van der Waals surface area contributed by atoms with Crippen LogP contribution in [0.4, 0.5) is 4.39 Å². The number of ether oxygens (including phenoxy) is 1. The Morgan fingerprint density at radius 1 is 1.06 bits per heavy atom. The summed E-state index contributed by atoms with van der Waals surface area (Å²) in [5.74, 6) is 0.175. The van der Waals surface area contributed by atoms with Crippen LogP contribution in [0.25, 0.3) is 10.9 Å². The van der Waals surface area contributed by atoms with Gasteiger partial charge in [0.25, 0.3) is 5.91 Å². The van der Waals surface area contributed by atoms with Crippen molar-refractivity contribution in [3.63, 3.8) is 0 Å². The van der Waals surface area contributed by atoms with Gasteiger partial charge in [-0.2, -0.15) is 0 Å². The molecular formula is C25H26FN3O3. The molecule has 2 heterocycles. The van der Waals surface area contributed by atoms with E-state index in [2.05, 4.69) is 10.3 Å². The Bertz CT molecular complexity index is 1070. The van der Waals surface area contributed by atoms with Crippen LogP contribution in [0.15, 0.2) is 60.8 Å². The third-order valence-corrected chi connectivity index (χ3v) is 5.72. The van der Waals surface area contributed by atoms with Crippen LogP contribution in [0, 0.1) is 11.7 Å². The summed E-state index contributed by atoms with van der Waals surface area (Å²) in [6.45, 7) is 2.06. The zero-order valence-corrected chi connectivity index (χ0v) is 17.8. The van der Waals surface area contributed by atoms with E-state index >= 15 is 0 Å². The van der Waals surface area contributed by atoms with E-state index in [0.717, 1.165) is 16.7 Å². The fourth-order valence-corrected chi connectivity index (χ4v) is 3.92. The van der Waals surface area contributed by atoms with Crippen molar-refractivity contribution in [2.75, 3.05) is 26.2 Å². The number of amides is 2. The number of fused-ring (bicyclic) bond motifs is 1. The number of likely N-dealkylation sites (tertiary alicyclic amines) is 1. The van der Waals surface area contributed by atoms with Crippen molar-refractivity contribution in [2.24, 2.45) is 5.92 Å². The Balaban J connectivity index is 1.17. The SMILES string of the molecule is O=C(NCCCOc1cccc2cccnc12)C1CCN(C(=O)c2ccc(F)cc2)CC1. The number of hydrogen-bond acceptors (Lipinski definition) is 4. The summed E-state index contributed by atoms with van der Waals surface area (Å²) in [7, 11) is 0. The van der Waals surface area contributed by atoms with E-state index in [9.17, 15) is 14.0 Å². The van der Waals surface area contributed by atoms with Gasteiger partial charge >= 0.3 is 0 Å². The summed E-state index contributed by atoms with van der Waals surface area (Å²) in [5.41, 5.74) is 1.30. The quantitative estimate of drug-likeness (QED) is 0.573. The average molecular weight is 435 g/mol. The molecule has 1 aliphatic rings. The van der Waals surface area contributed by atoms with Crippen molar-refractivity contribution in [2.45, 2.75) is 19.3 Å². The molecule has 0 atom stereocenters. The molecule has 166 valence electrons. The minimum absolute atomic E-state index is 0.0192. The Hall–Kier alpha value is -3.48. The molecule has 1 aromatic heterocycles. The third-order valence-electron chi connectivity index (χ3n) is 5.72. The molecular weight excluding hydrogens is 409 g/mol. The number of nitrogens with one attached hydrogen (secondary N) is 1. The third kappa shape index (κ3) is 5.22. The lowest BCUT2D eigenvalue weighted by Crippen LogP contribution is -2.43. The van der Waals surface area contributed by atoms with Gasteiger partial charge in [0.05, 0.1) is 6.61 Å². The van der Waals surface area contributed by atoms with Crippen LogP contribution >= 0.6 is 0 Å². The maximum absolute atomic E-state index is 13.1. The lowest BCUT2D eigenvalue weighted by molar-refractivity contribution is -0.126. The number of carbonyl (C=O) groups is 2. The largest absolute Gasteiger partial charge is 0.491 e. The molecule has 2 aromatic carbocycles. The second-order valence-electron chi connectivity index (χ2n) is 7.90. The van der Waals surface area contributed by atoms with Gasteiger partial charge in [0, 0.05) is 42.7 Å². The van der Waals surface area contributed by atoms with Crippen LogP contribution in [0.5, 0.6) is 5.75 Å². The molecule has 6 nitrogen and oxygen atoms in total. The van der Waals surface area contributed by atoms with Gasteiger partial charge < -0.3 is 15.0 Å². The molecule has 1 N–H and O–H groups in total. The minimum Gasteiger partial charge on any atom is -0.491 e. The Labute approximate surface area is 186 Å². The zero-order valence-electron chi connectivity index (χ0n) is 17.8. The molecule has 0 radical (unpaired) electrons. The first kappa shape index (κ1) is 21.7. The number of piperidine rings is 1. The molecule has 7 heteroatoms. The van der Waals surface area contributed by atoms with Crippen LogP contribution in [-0.2, 0) is 4.79 Å². The number of halogens is 1. The van der Waals surface area contributed by atoms with E-state index in [-0.39, 0.29) is 23.5 Å². The van der Waals surface area contributed by atoms with Crippen molar-refractivity contribution in [3.8, 4) is 5.75 Å². The van der Waals surface area contributed by atoms with Gasteiger partial charge in [0.15, 0.2) is 0 Å². The fourth-order valence-electron chi connectivity index (χ4n) is 3.92. The number of nitrogens with zero attached hydrogens (tertiary/aromatic N) is 2. The number of para-hydroxylation sites is 1. The topological polar surface area (TPSA) is 71.5 Å². The van der Waals surface area contributed by atoms with Crippen LogP contribution < -0.4 is 10.1 Å². The normalized spacial score (nSPS) is 14.3. The van der Waals surface area contributed by atoms with Crippen LogP contribution in [0.1, 0.15) is 29.6 Å². The molecule has 0 unspecified atom stereocenters. The van der Waals surface area contributed by atoms with Gasteiger partial charge in [-0.3, -0.25) is 14.6 Å². The molecule has 0 aliphatic carbocycles. The van der Waals surface area contributed by atoms with Gasteiger partial charge in [-0.25, -0.2) is 4.39 Å². The average Bonchev–Trinajstić information content (AvgIpc) is 2.84. The monoisotopic (exact) mass is 435 g/mol. The van der Waals surface area contributed by atoms with Crippen molar-refractivity contribution in [1.29, 1.82) is 0 Å². The van der Waals surface area contributed by atoms with E-state index in [0.29, 0.717) is 51.1 Å². The van der Waals surface area contributed by atoms with E-state index in [1.807, 2.05) is 30.3 Å². The standard InChI is InChI=1S/C25H26FN3O3/c26-21-9-7-20(8-10-21)25(31)29-15-11-19(12-16-29)24(30)28-14-3-17-32-22-6-1-4-18-5-2-13-27-23(18)22/h1-2,4-10,13,19H,3,11-12,14-17H2,(H,28,30). The number of carbonyl (C=O) groups excluding carboxylic acids is 2. The number of rotatable bonds is 7. The number of hydrogen-bond donors (Lipinski definition) is 1. The molecule has 0 bridgehead atoms. The minimum atomic E-state index is -0.365. The van der Waals surface area contributed by atoms with Gasteiger partial charge in [0.2, 0.25) is 5.91 Å². The molecule has 4 rings (SSSR count). The van der Waals surface area contributed by atoms with E-state index in [1.54, 1.807) is 11.1 Å². The first-order chi connectivity index (χ1) is 15.6. The van der Waals surface area contributed by atoms with Crippen LogP contribution in [0.3, 0.4) is 0 Å². The smallest absolute Gasteiger partial charge is 0.253 e. The van der Waals surface area contributed by atoms with Crippen molar-refractivity contribution >= 4 is 22.7 Å². The van der Waals surface area contributed by atoms with Gasteiger partial charge in [-0.1, -0.05) is 18.2 Å². The number of pyridine rings is 1. The Kier molecular flexibility index (Phi) is 6.94. The summed E-state index contributed by atoms with van der Waals surface area (Å²) in [5, 5.41) is 4.01.